The molecule has 0 aliphatic carbocycles. The maximum atomic E-state index is 13.0. The number of hydrogen-bond acceptors (Lipinski definition) is 6. The number of aliphatic hydroxyl groups is 1. The molecule has 9 nitrogen and oxygen atoms in total. The Morgan fingerprint density at radius 2 is 1.93 bits per heavy atom. The summed E-state index contributed by atoms with van der Waals surface area (Å²) in [6.45, 7) is 6.43. The van der Waals surface area contributed by atoms with Crippen LogP contribution in [0.4, 0.5) is 0 Å². The summed E-state index contributed by atoms with van der Waals surface area (Å²) in [5, 5.41) is 15.1. The van der Waals surface area contributed by atoms with E-state index in [1.54, 1.807) is 0 Å². The minimum atomic E-state index is -1.48. The lowest BCUT2D eigenvalue weighted by Gasteiger charge is -2.31. The van der Waals surface area contributed by atoms with Gasteiger partial charge in [-0.1, -0.05) is 27.2 Å². The van der Waals surface area contributed by atoms with Crippen LogP contribution in [0.5, 0.6) is 0 Å². The first-order valence-electron chi connectivity index (χ1n) is 9.90. The van der Waals surface area contributed by atoms with Crippen molar-refractivity contribution < 1.29 is 29.0 Å². The van der Waals surface area contributed by atoms with Crippen molar-refractivity contribution in [1.29, 1.82) is 0 Å². The van der Waals surface area contributed by atoms with Crippen LogP contribution in [0.2, 0.25) is 0 Å². The molecule has 4 atom stereocenters. The second kappa shape index (κ2) is 11.6. The van der Waals surface area contributed by atoms with Crippen LogP contribution in [0, 0.1) is 5.92 Å². The highest BCUT2D eigenvalue weighted by atomic mass is 16.5. The highest BCUT2D eigenvalue weighted by Crippen LogP contribution is 2.22. The van der Waals surface area contributed by atoms with Crippen molar-refractivity contribution in [2.24, 2.45) is 5.92 Å². The number of likely N-dealkylation sites (tertiary alicyclic amines) is 1. The van der Waals surface area contributed by atoms with E-state index in [2.05, 4.69) is 10.6 Å². The largest absolute Gasteiger partial charge is 0.467 e. The zero-order valence-electron chi connectivity index (χ0n) is 17.2. The van der Waals surface area contributed by atoms with E-state index in [4.69, 9.17) is 4.74 Å². The third-order valence-corrected chi connectivity index (χ3v) is 5.04. The molecule has 3 N–H and O–H groups in total. The number of nitrogens with one attached hydrogen (secondary N) is 2. The molecule has 3 amide bonds. The third kappa shape index (κ3) is 6.47. The summed E-state index contributed by atoms with van der Waals surface area (Å²) in [7, 11) is 1.28. The fourth-order valence-electron chi connectivity index (χ4n) is 3.14. The smallest absolute Gasteiger partial charge is 0.328 e. The topological polar surface area (TPSA) is 125 Å². The first kappa shape index (κ1) is 23.9. The molecule has 160 valence electrons. The molecule has 1 rings (SSSR count). The van der Waals surface area contributed by atoms with Gasteiger partial charge in [-0.15, -0.1) is 0 Å². The molecule has 0 unspecified atom stereocenters. The van der Waals surface area contributed by atoms with E-state index in [1.165, 1.54) is 12.0 Å². The quantitative estimate of drug-likeness (QED) is 0.443. The summed E-state index contributed by atoms with van der Waals surface area (Å²) in [6.07, 6.45) is 0.642. The summed E-state index contributed by atoms with van der Waals surface area (Å²) in [6, 6.07) is -1.49. The second-order valence-electron chi connectivity index (χ2n) is 7.15. The van der Waals surface area contributed by atoms with Gasteiger partial charge < -0.3 is 25.4 Å². The number of hydrogen-bond donors (Lipinski definition) is 3. The summed E-state index contributed by atoms with van der Waals surface area (Å²) in [4.78, 5) is 50.5. The van der Waals surface area contributed by atoms with Crippen LogP contribution in [-0.2, 0) is 23.9 Å². The fraction of sp³-hybridized carbons (Fsp3) is 0.789. The number of esters is 1. The molecule has 0 saturated carbocycles. The van der Waals surface area contributed by atoms with E-state index in [1.807, 2.05) is 20.8 Å². The van der Waals surface area contributed by atoms with E-state index >= 15 is 0 Å². The van der Waals surface area contributed by atoms with Gasteiger partial charge >= 0.3 is 5.97 Å². The summed E-state index contributed by atoms with van der Waals surface area (Å²) >= 11 is 0. The van der Waals surface area contributed by atoms with Gasteiger partial charge in [0.1, 0.15) is 18.2 Å². The molecule has 1 aliphatic heterocycles. The normalized spacial score (nSPS) is 19.5. The number of ether oxygens (including phenoxy) is 1. The molecular formula is C19H33N3O6. The van der Waals surface area contributed by atoms with Crippen LogP contribution >= 0.6 is 0 Å². The van der Waals surface area contributed by atoms with Crippen LogP contribution in [0.3, 0.4) is 0 Å². The van der Waals surface area contributed by atoms with Gasteiger partial charge in [-0.2, -0.15) is 0 Å². The molecule has 0 aromatic heterocycles. The molecule has 1 aliphatic rings. The molecule has 0 bridgehead atoms. The van der Waals surface area contributed by atoms with Crippen molar-refractivity contribution >= 4 is 23.7 Å². The van der Waals surface area contributed by atoms with Crippen LogP contribution in [0.1, 0.15) is 52.9 Å². The zero-order chi connectivity index (χ0) is 21.3. The maximum absolute atomic E-state index is 13.0. The number of carbonyl (C=O) groups is 4. The lowest BCUT2D eigenvalue weighted by molar-refractivity contribution is -0.152. The zero-order valence-corrected chi connectivity index (χ0v) is 17.2. The first-order chi connectivity index (χ1) is 13.3. The van der Waals surface area contributed by atoms with Crippen LogP contribution < -0.4 is 10.6 Å². The number of rotatable bonds is 10. The summed E-state index contributed by atoms with van der Waals surface area (Å²) in [5.41, 5.74) is 0. The molecule has 1 fully saturated rings. The standard InChI is InChI=1S/C19H33N3O6/c1-5-9-20-17(25)14(23)11-15(24)21-16(12(3)6-2)18(26)22-10-7-8-13(22)19(27)28-4/h12-14,16,23H,5-11H2,1-4H3,(H,20,25)(H,21,24)/t12-,13-,14-,16-/m0/s1. The second-order valence-corrected chi connectivity index (χ2v) is 7.15. The van der Waals surface area contributed by atoms with Crippen LogP contribution in [0.25, 0.3) is 0 Å². The predicted octanol–water partition coefficient (Wildman–Crippen LogP) is -0.0415. The van der Waals surface area contributed by atoms with Crippen LogP contribution in [0.15, 0.2) is 0 Å². The summed E-state index contributed by atoms with van der Waals surface area (Å²) < 4.78 is 4.78. The Balaban J connectivity index is 2.79. The van der Waals surface area contributed by atoms with E-state index in [-0.39, 0.29) is 11.8 Å². The van der Waals surface area contributed by atoms with Gasteiger partial charge in [0.05, 0.1) is 13.5 Å². The van der Waals surface area contributed by atoms with Gasteiger partial charge in [-0.3, -0.25) is 14.4 Å². The molecule has 1 saturated heterocycles. The van der Waals surface area contributed by atoms with E-state index in [0.717, 1.165) is 0 Å². The first-order valence-corrected chi connectivity index (χ1v) is 9.90. The van der Waals surface area contributed by atoms with Crippen molar-refractivity contribution in [3.8, 4) is 0 Å². The minimum Gasteiger partial charge on any atom is -0.467 e. The molecule has 0 spiro atoms. The van der Waals surface area contributed by atoms with Crippen molar-refractivity contribution in [2.75, 3.05) is 20.2 Å². The Bertz CT molecular complexity index is 568. The SMILES string of the molecule is CCCNC(=O)[C@@H](O)CC(=O)N[C@H](C(=O)N1CCC[C@H]1C(=O)OC)[C@@H](C)CC. The highest BCUT2D eigenvalue weighted by molar-refractivity contribution is 5.93. The van der Waals surface area contributed by atoms with Crippen LogP contribution in [-0.4, -0.2) is 72.1 Å². The maximum Gasteiger partial charge on any atom is 0.328 e. The molecule has 28 heavy (non-hydrogen) atoms. The average molecular weight is 399 g/mol. The molecule has 9 heteroatoms. The molecule has 0 aromatic rings. The average Bonchev–Trinajstić information content (AvgIpc) is 3.18. The molecule has 0 radical (unpaired) electrons. The predicted molar refractivity (Wildman–Crippen MR) is 102 cm³/mol. The van der Waals surface area contributed by atoms with Gasteiger partial charge in [-0.25, -0.2) is 4.79 Å². The lowest BCUT2D eigenvalue weighted by atomic mass is 9.97. The number of aliphatic hydroxyl groups excluding tert-OH is 1. The van der Waals surface area contributed by atoms with E-state index in [9.17, 15) is 24.3 Å². The van der Waals surface area contributed by atoms with Gasteiger partial charge in [0.2, 0.25) is 17.7 Å². The Morgan fingerprint density at radius 3 is 2.50 bits per heavy atom. The fourth-order valence-corrected chi connectivity index (χ4v) is 3.14. The number of amides is 3. The van der Waals surface area contributed by atoms with Crippen molar-refractivity contribution in [1.82, 2.24) is 15.5 Å². The monoisotopic (exact) mass is 399 g/mol. The molecule has 1 heterocycles. The number of nitrogens with zero attached hydrogens (tertiary/aromatic N) is 1. The Labute approximate surface area is 166 Å². The van der Waals surface area contributed by atoms with Gasteiger partial charge in [-0.05, 0) is 25.2 Å². The number of carbonyl (C=O) groups excluding carboxylic acids is 4. The van der Waals surface area contributed by atoms with E-state index < -0.39 is 42.4 Å². The Kier molecular flexibility index (Phi) is 9.92. The van der Waals surface area contributed by atoms with Crippen molar-refractivity contribution in [2.45, 2.75) is 71.1 Å². The Hall–Kier alpha value is -2.16. The van der Waals surface area contributed by atoms with Gasteiger partial charge in [0.15, 0.2) is 0 Å². The lowest BCUT2D eigenvalue weighted by Crippen LogP contribution is -2.54. The highest BCUT2D eigenvalue weighted by Gasteiger charge is 2.39. The van der Waals surface area contributed by atoms with Gasteiger partial charge in [0, 0.05) is 13.1 Å². The van der Waals surface area contributed by atoms with Crippen molar-refractivity contribution in [3.05, 3.63) is 0 Å². The molecule has 0 aromatic carbocycles. The molecular weight excluding hydrogens is 366 g/mol. The third-order valence-electron chi connectivity index (χ3n) is 5.04. The van der Waals surface area contributed by atoms with Crippen molar-refractivity contribution in [3.63, 3.8) is 0 Å². The minimum absolute atomic E-state index is 0.179. The summed E-state index contributed by atoms with van der Waals surface area (Å²) in [5.74, 6) is -2.20. The number of methoxy groups -OCH3 is 1. The van der Waals surface area contributed by atoms with E-state index in [0.29, 0.717) is 38.8 Å². The van der Waals surface area contributed by atoms with Gasteiger partial charge in [0.25, 0.3) is 0 Å². The Morgan fingerprint density at radius 1 is 1.25 bits per heavy atom.